The molecule has 0 saturated carbocycles. The maximum Gasteiger partial charge on any atom is 0.248 e. The zero-order chi connectivity index (χ0) is 9.56. The van der Waals surface area contributed by atoms with E-state index in [0.717, 1.165) is 6.54 Å². The predicted molar refractivity (Wildman–Crippen MR) is 49.0 cm³/mol. The lowest BCUT2D eigenvalue weighted by atomic mass is 10.3. The van der Waals surface area contributed by atoms with Crippen LogP contribution in [0.5, 0.6) is 0 Å². The average Bonchev–Trinajstić information content (AvgIpc) is 2.01. The van der Waals surface area contributed by atoms with Gasteiger partial charge in [0, 0.05) is 19.2 Å². The van der Waals surface area contributed by atoms with Crippen molar-refractivity contribution in [1.29, 1.82) is 0 Å². The van der Waals surface area contributed by atoms with Gasteiger partial charge in [0.25, 0.3) is 0 Å². The summed E-state index contributed by atoms with van der Waals surface area (Å²) in [6.07, 6.45) is 0. The van der Waals surface area contributed by atoms with Crippen LogP contribution in [0.2, 0.25) is 0 Å². The molecule has 0 aliphatic rings. The fraction of sp³-hybridized carbons (Fsp3) is 0.889. The molecule has 0 aliphatic heterocycles. The van der Waals surface area contributed by atoms with Crippen molar-refractivity contribution in [1.82, 2.24) is 4.90 Å². The smallest absolute Gasteiger partial charge is 0.248 e. The van der Waals surface area contributed by atoms with Crippen molar-refractivity contribution in [2.45, 2.75) is 33.7 Å². The highest BCUT2D eigenvalue weighted by molar-refractivity contribution is 5.77. The Morgan fingerprint density at radius 1 is 1.42 bits per heavy atom. The highest BCUT2D eigenvalue weighted by atomic mass is 16.5. The van der Waals surface area contributed by atoms with Crippen LogP contribution >= 0.6 is 0 Å². The van der Waals surface area contributed by atoms with Crippen molar-refractivity contribution in [3.05, 3.63) is 0 Å². The molecule has 3 nitrogen and oxygen atoms in total. The summed E-state index contributed by atoms with van der Waals surface area (Å²) >= 11 is 0. The van der Waals surface area contributed by atoms with E-state index in [1.165, 1.54) is 0 Å². The number of carbonyl (C=O) groups excluding carboxylic acids is 1. The quantitative estimate of drug-likeness (QED) is 0.626. The molecule has 72 valence electrons. The van der Waals surface area contributed by atoms with Crippen LogP contribution in [0.15, 0.2) is 0 Å². The van der Waals surface area contributed by atoms with Crippen molar-refractivity contribution < 1.29 is 9.53 Å². The normalized spacial score (nSPS) is 10.4. The zero-order valence-electron chi connectivity index (χ0n) is 8.46. The molecule has 12 heavy (non-hydrogen) atoms. The van der Waals surface area contributed by atoms with Crippen LogP contribution in [0, 0.1) is 0 Å². The molecule has 0 spiro atoms. The second-order valence-electron chi connectivity index (χ2n) is 2.91. The molecule has 0 aromatic rings. The molecule has 0 aromatic carbocycles. The molecule has 0 aromatic heterocycles. The molecule has 0 aliphatic carbocycles. The summed E-state index contributed by atoms with van der Waals surface area (Å²) < 4.78 is 5.04. The van der Waals surface area contributed by atoms with Gasteiger partial charge in [-0.05, 0) is 27.7 Å². The van der Waals surface area contributed by atoms with Gasteiger partial charge < -0.3 is 9.64 Å². The van der Waals surface area contributed by atoms with E-state index >= 15 is 0 Å². The van der Waals surface area contributed by atoms with Crippen LogP contribution in [0.3, 0.4) is 0 Å². The van der Waals surface area contributed by atoms with Crippen molar-refractivity contribution in [2.75, 3.05) is 19.8 Å². The first-order valence-electron chi connectivity index (χ1n) is 4.50. The highest BCUT2D eigenvalue weighted by Crippen LogP contribution is 1.98. The second-order valence-corrected chi connectivity index (χ2v) is 2.91. The lowest BCUT2D eigenvalue weighted by Crippen LogP contribution is -2.39. The van der Waals surface area contributed by atoms with Crippen molar-refractivity contribution >= 4 is 5.91 Å². The Balaban J connectivity index is 3.86. The van der Waals surface area contributed by atoms with Gasteiger partial charge in [0.15, 0.2) is 0 Å². The SMILES string of the molecule is CCOCC(=O)N(CC)C(C)C. The summed E-state index contributed by atoms with van der Waals surface area (Å²) in [6, 6.07) is 0.267. The van der Waals surface area contributed by atoms with E-state index in [4.69, 9.17) is 4.74 Å². The molecule has 0 unspecified atom stereocenters. The van der Waals surface area contributed by atoms with E-state index in [-0.39, 0.29) is 18.6 Å². The molecule has 0 fully saturated rings. The van der Waals surface area contributed by atoms with Gasteiger partial charge in [-0.15, -0.1) is 0 Å². The van der Waals surface area contributed by atoms with Gasteiger partial charge in [-0.3, -0.25) is 4.79 Å². The van der Waals surface area contributed by atoms with Gasteiger partial charge in [-0.2, -0.15) is 0 Å². The summed E-state index contributed by atoms with van der Waals surface area (Å²) in [5.41, 5.74) is 0. The number of hydrogen-bond donors (Lipinski definition) is 0. The maximum absolute atomic E-state index is 11.4. The first kappa shape index (κ1) is 11.4. The second kappa shape index (κ2) is 6.00. The number of amides is 1. The lowest BCUT2D eigenvalue weighted by Gasteiger charge is -2.24. The molecule has 0 heterocycles. The number of hydrogen-bond acceptors (Lipinski definition) is 2. The number of likely N-dealkylation sites (N-methyl/N-ethyl adjacent to an activating group) is 1. The van der Waals surface area contributed by atoms with Gasteiger partial charge in [0.05, 0.1) is 0 Å². The van der Waals surface area contributed by atoms with E-state index in [2.05, 4.69) is 0 Å². The molecule has 0 N–H and O–H groups in total. The van der Waals surface area contributed by atoms with E-state index in [1.807, 2.05) is 27.7 Å². The molecule has 3 heteroatoms. The Morgan fingerprint density at radius 3 is 2.33 bits per heavy atom. The molecule has 0 atom stereocenters. The predicted octanol–water partition coefficient (Wildman–Crippen LogP) is 1.28. The number of rotatable bonds is 5. The van der Waals surface area contributed by atoms with Crippen molar-refractivity contribution in [3.63, 3.8) is 0 Å². The van der Waals surface area contributed by atoms with Crippen LogP contribution in [-0.4, -0.2) is 36.6 Å². The maximum atomic E-state index is 11.4. The van der Waals surface area contributed by atoms with E-state index in [1.54, 1.807) is 4.90 Å². The topological polar surface area (TPSA) is 29.5 Å². The minimum absolute atomic E-state index is 0.0781. The molecule has 0 bridgehead atoms. The van der Waals surface area contributed by atoms with Gasteiger partial charge >= 0.3 is 0 Å². The Labute approximate surface area is 74.7 Å². The van der Waals surface area contributed by atoms with Gasteiger partial charge in [0.2, 0.25) is 5.91 Å². The number of carbonyl (C=O) groups is 1. The standard InChI is InChI=1S/C9H19NO2/c1-5-10(8(3)4)9(11)7-12-6-2/h8H,5-7H2,1-4H3. The van der Waals surface area contributed by atoms with Gasteiger partial charge in [-0.25, -0.2) is 0 Å². The highest BCUT2D eigenvalue weighted by Gasteiger charge is 2.13. The van der Waals surface area contributed by atoms with Crippen LogP contribution in [0.4, 0.5) is 0 Å². The zero-order valence-corrected chi connectivity index (χ0v) is 8.46. The minimum Gasteiger partial charge on any atom is -0.372 e. The van der Waals surface area contributed by atoms with Crippen molar-refractivity contribution in [2.24, 2.45) is 0 Å². The van der Waals surface area contributed by atoms with E-state index < -0.39 is 0 Å². The van der Waals surface area contributed by atoms with E-state index in [0.29, 0.717) is 6.61 Å². The molecular weight excluding hydrogens is 154 g/mol. The minimum atomic E-state index is 0.0781. The first-order chi connectivity index (χ1) is 5.63. The molecule has 1 amide bonds. The molecule has 0 rings (SSSR count). The fourth-order valence-electron chi connectivity index (χ4n) is 1.10. The fourth-order valence-corrected chi connectivity index (χ4v) is 1.10. The third-order valence-corrected chi connectivity index (χ3v) is 1.71. The molecule has 0 saturated heterocycles. The Kier molecular flexibility index (Phi) is 5.72. The Bertz CT molecular complexity index is 134. The van der Waals surface area contributed by atoms with E-state index in [9.17, 15) is 4.79 Å². The van der Waals surface area contributed by atoms with Crippen LogP contribution in [-0.2, 0) is 9.53 Å². The third-order valence-electron chi connectivity index (χ3n) is 1.71. The van der Waals surface area contributed by atoms with Crippen molar-refractivity contribution in [3.8, 4) is 0 Å². The Hall–Kier alpha value is -0.570. The summed E-state index contributed by atoms with van der Waals surface area (Å²) in [5.74, 6) is 0.0781. The Morgan fingerprint density at radius 2 is 2.00 bits per heavy atom. The number of nitrogens with zero attached hydrogens (tertiary/aromatic N) is 1. The summed E-state index contributed by atoms with van der Waals surface area (Å²) in [7, 11) is 0. The largest absolute Gasteiger partial charge is 0.372 e. The molecular formula is C9H19NO2. The monoisotopic (exact) mass is 173 g/mol. The first-order valence-corrected chi connectivity index (χ1v) is 4.50. The lowest BCUT2D eigenvalue weighted by molar-refractivity contribution is -0.137. The average molecular weight is 173 g/mol. The van der Waals surface area contributed by atoms with Crippen LogP contribution in [0.25, 0.3) is 0 Å². The summed E-state index contributed by atoms with van der Waals surface area (Å²) in [5, 5.41) is 0. The van der Waals surface area contributed by atoms with Gasteiger partial charge in [0.1, 0.15) is 6.61 Å². The van der Waals surface area contributed by atoms with Crippen LogP contribution in [0.1, 0.15) is 27.7 Å². The van der Waals surface area contributed by atoms with Gasteiger partial charge in [-0.1, -0.05) is 0 Å². The summed E-state index contributed by atoms with van der Waals surface area (Å²) in [4.78, 5) is 13.2. The number of ether oxygens (including phenoxy) is 1. The summed E-state index contributed by atoms with van der Waals surface area (Å²) in [6.45, 7) is 9.44. The van der Waals surface area contributed by atoms with Crippen LogP contribution < -0.4 is 0 Å². The third kappa shape index (κ3) is 3.72. The molecule has 0 radical (unpaired) electrons.